The molecule has 1 aromatic carbocycles. The van der Waals surface area contributed by atoms with E-state index in [1.165, 1.54) is 0 Å². The molecule has 0 spiro atoms. The monoisotopic (exact) mass is 250 g/mol. The van der Waals surface area contributed by atoms with Gasteiger partial charge in [0.1, 0.15) is 17.2 Å². The van der Waals surface area contributed by atoms with Crippen LogP contribution in [0.4, 0.5) is 8.78 Å². The van der Waals surface area contributed by atoms with Crippen LogP contribution in [0.25, 0.3) is 0 Å². The van der Waals surface area contributed by atoms with Crippen LogP contribution in [-0.2, 0) is 0 Å². The molecule has 1 aromatic rings. The van der Waals surface area contributed by atoms with Crippen LogP contribution in [0.3, 0.4) is 0 Å². The number of nitrogens with one attached hydrogen (secondary N) is 1. The first-order chi connectivity index (χ1) is 8.54. The van der Waals surface area contributed by atoms with Crippen molar-refractivity contribution in [3.8, 4) is 6.07 Å². The lowest BCUT2D eigenvalue weighted by Crippen LogP contribution is -2.45. The molecule has 1 amide bonds. The summed E-state index contributed by atoms with van der Waals surface area (Å²) in [5, 5.41) is 11.7. The van der Waals surface area contributed by atoms with Crippen LogP contribution in [0.2, 0.25) is 0 Å². The second-order valence-electron chi connectivity index (χ2n) is 4.51. The summed E-state index contributed by atoms with van der Waals surface area (Å²) in [5.41, 5.74) is -0.992. The number of hydrogen-bond acceptors (Lipinski definition) is 2. The van der Waals surface area contributed by atoms with Gasteiger partial charge in [0.15, 0.2) is 0 Å². The van der Waals surface area contributed by atoms with Crippen molar-refractivity contribution in [2.24, 2.45) is 0 Å². The normalized spacial score (nSPS) is 17.2. The third-order valence-electron chi connectivity index (χ3n) is 3.15. The van der Waals surface area contributed by atoms with E-state index in [1.807, 2.05) is 0 Å². The van der Waals surface area contributed by atoms with Gasteiger partial charge in [0, 0.05) is 11.6 Å². The van der Waals surface area contributed by atoms with Crippen molar-refractivity contribution in [1.29, 1.82) is 5.26 Å². The highest BCUT2D eigenvalue weighted by Gasteiger charge is 2.35. The second kappa shape index (κ2) is 4.73. The first kappa shape index (κ1) is 12.5. The third-order valence-corrected chi connectivity index (χ3v) is 3.15. The summed E-state index contributed by atoms with van der Waals surface area (Å²) in [4.78, 5) is 11.9. The maximum absolute atomic E-state index is 13.0. The van der Waals surface area contributed by atoms with E-state index < -0.39 is 23.1 Å². The minimum Gasteiger partial charge on any atom is -0.334 e. The fourth-order valence-electron chi connectivity index (χ4n) is 2.22. The smallest absolute Gasteiger partial charge is 0.252 e. The maximum Gasteiger partial charge on any atom is 0.252 e. The van der Waals surface area contributed by atoms with Gasteiger partial charge in [-0.05, 0) is 37.8 Å². The van der Waals surface area contributed by atoms with Crippen molar-refractivity contribution in [2.45, 2.75) is 31.2 Å². The summed E-state index contributed by atoms with van der Waals surface area (Å²) in [6.07, 6.45) is 2.89. The van der Waals surface area contributed by atoms with Crippen molar-refractivity contribution in [1.82, 2.24) is 5.32 Å². The fourth-order valence-corrected chi connectivity index (χ4v) is 2.22. The molecule has 0 unspecified atom stereocenters. The number of carbonyl (C=O) groups excluding carboxylic acids is 1. The molecular formula is C13H12F2N2O. The van der Waals surface area contributed by atoms with Crippen molar-refractivity contribution in [3.63, 3.8) is 0 Å². The fraction of sp³-hybridized carbons (Fsp3) is 0.385. The van der Waals surface area contributed by atoms with Crippen LogP contribution in [0, 0.1) is 23.0 Å². The van der Waals surface area contributed by atoms with E-state index in [4.69, 9.17) is 5.26 Å². The zero-order valence-corrected chi connectivity index (χ0v) is 9.67. The summed E-state index contributed by atoms with van der Waals surface area (Å²) in [6.45, 7) is 0. The van der Waals surface area contributed by atoms with Crippen molar-refractivity contribution in [3.05, 3.63) is 35.4 Å². The molecule has 0 saturated heterocycles. The molecule has 0 bridgehead atoms. The lowest BCUT2D eigenvalue weighted by molar-refractivity contribution is 0.0919. The first-order valence-corrected chi connectivity index (χ1v) is 5.74. The maximum atomic E-state index is 13.0. The van der Waals surface area contributed by atoms with Crippen molar-refractivity contribution < 1.29 is 13.6 Å². The summed E-state index contributed by atoms with van der Waals surface area (Å²) in [6, 6.07) is 4.70. The van der Waals surface area contributed by atoms with Gasteiger partial charge in [-0.2, -0.15) is 5.26 Å². The largest absolute Gasteiger partial charge is 0.334 e. The predicted molar refractivity (Wildman–Crippen MR) is 60.6 cm³/mol. The number of nitrogens with zero attached hydrogens (tertiary/aromatic N) is 1. The summed E-state index contributed by atoms with van der Waals surface area (Å²) >= 11 is 0. The Morgan fingerprint density at radius 2 is 1.78 bits per heavy atom. The number of benzene rings is 1. The average Bonchev–Trinajstić information content (AvgIpc) is 2.77. The molecule has 1 aliphatic carbocycles. The molecule has 94 valence electrons. The van der Waals surface area contributed by atoms with Gasteiger partial charge in [0.05, 0.1) is 6.07 Å². The van der Waals surface area contributed by atoms with Crippen molar-refractivity contribution in [2.75, 3.05) is 0 Å². The number of halogens is 2. The van der Waals surface area contributed by atoms with E-state index in [0.717, 1.165) is 25.0 Å². The van der Waals surface area contributed by atoms with Crippen LogP contribution < -0.4 is 5.32 Å². The predicted octanol–water partition coefficient (Wildman–Crippen LogP) is 2.53. The lowest BCUT2D eigenvalue weighted by Gasteiger charge is -2.21. The quantitative estimate of drug-likeness (QED) is 0.876. The van der Waals surface area contributed by atoms with Crippen LogP contribution >= 0.6 is 0 Å². The molecule has 1 aliphatic rings. The molecule has 3 nitrogen and oxygen atoms in total. The van der Waals surface area contributed by atoms with Gasteiger partial charge in [-0.1, -0.05) is 0 Å². The highest BCUT2D eigenvalue weighted by atomic mass is 19.1. The Kier molecular flexibility index (Phi) is 3.28. The number of carbonyl (C=O) groups is 1. The van der Waals surface area contributed by atoms with E-state index in [0.29, 0.717) is 18.9 Å². The van der Waals surface area contributed by atoms with E-state index in [1.54, 1.807) is 0 Å². The third kappa shape index (κ3) is 2.48. The van der Waals surface area contributed by atoms with Gasteiger partial charge >= 0.3 is 0 Å². The van der Waals surface area contributed by atoms with Crippen molar-refractivity contribution >= 4 is 5.91 Å². The molecule has 1 N–H and O–H groups in total. The Labute approximate surface area is 103 Å². The van der Waals surface area contributed by atoms with E-state index in [-0.39, 0.29) is 5.56 Å². The van der Waals surface area contributed by atoms with Gasteiger partial charge in [-0.3, -0.25) is 4.79 Å². The molecule has 1 fully saturated rings. The van der Waals surface area contributed by atoms with E-state index >= 15 is 0 Å². The molecule has 0 radical (unpaired) electrons. The van der Waals surface area contributed by atoms with Gasteiger partial charge < -0.3 is 5.32 Å². The van der Waals surface area contributed by atoms with E-state index in [9.17, 15) is 13.6 Å². The van der Waals surface area contributed by atoms with E-state index in [2.05, 4.69) is 11.4 Å². The van der Waals surface area contributed by atoms with Gasteiger partial charge in [0.2, 0.25) is 0 Å². The van der Waals surface area contributed by atoms with Crippen LogP contribution in [-0.4, -0.2) is 11.4 Å². The Morgan fingerprint density at radius 3 is 2.28 bits per heavy atom. The SMILES string of the molecule is N#CC1(NC(=O)c2cc(F)cc(F)c2)CCCC1. The number of amides is 1. The molecule has 5 heteroatoms. The topological polar surface area (TPSA) is 52.9 Å². The average molecular weight is 250 g/mol. The lowest BCUT2D eigenvalue weighted by atomic mass is 9.99. The molecular weight excluding hydrogens is 238 g/mol. The van der Waals surface area contributed by atoms with Crippen LogP contribution in [0.15, 0.2) is 18.2 Å². The number of nitriles is 1. The summed E-state index contributed by atoms with van der Waals surface area (Å²) < 4.78 is 26.0. The van der Waals surface area contributed by atoms with Crippen LogP contribution in [0.5, 0.6) is 0 Å². The second-order valence-corrected chi connectivity index (χ2v) is 4.51. The number of hydrogen-bond donors (Lipinski definition) is 1. The Morgan fingerprint density at radius 1 is 1.22 bits per heavy atom. The summed E-state index contributed by atoms with van der Waals surface area (Å²) in [7, 11) is 0. The zero-order valence-electron chi connectivity index (χ0n) is 9.67. The minimum absolute atomic E-state index is 0.103. The first-order valence-electron chi connectivity index (χ1n) is 5.74. The molecule has 0 aromatic heterocycles. The Balaban J connectivity index is 2.19. The highest BCUT2D eigenvalue weighted by Crippen LogP contribution is 2.29. The van der Waals surface area contributed by atoms with Gasteiger partial charge in [0.25, 0.3) is 5.91 Å². The zero-order chi connectivity index (χ0) is 13.2. The van der Waals surface area contributed by atoms with Gasteiger partial charge in [-0.15, -0.1) is 0 Å². The Hall–Kier alpha value is -1.96. The molecule has 0 heterocycles. The minimum atomic E-state index is -0.889. The standard InChI is InChI=1S/C13H12F2N2O/c14-10-5-9(6-11(15)7-10)12(18)17-13(8-16)3-1-2-4-13/h5-7H,1-4H2,(H,17,18). The summed E-state index contributed by atoms with van der Waals surface area (Å²) in [5.74, 6) is -2.23. The Bertz CT molecular complexity index is 496. The van der Waals surface area contributed by atoms with Crippen LogP contribution in [0.1, 0.15) is 36.0 Å². The number of rotatable bonds is 2. The molecule has 2 rings (SSSR count). The van der Waals surface area contributed by atoms with Gasteiger partial charge in [-0.25, -0.2) is 8.78 Å². The molecule has 18 heavy (non-hydrogen) atoms. The highest BCUT2D eigenvalue weighted by molar-refractivity contribution is 5.95. The molecule has 0 aliphatic heterocycles. The molecule has 1 saturated carbocycles. The molecule has 0 atom stereocenters.